The van der Waals surface area contributed by atoms with E-state index in [-0.39, 0.29) is 5.92 Å². The highest BCUT2D eigenvalue weighted by Crippen LogP contribution is 2.49. The summed E-state index contributed by atoms with van der Waals surface area (Å²) in [7, 11) is 0. The number of hydrogen-bond donors (Lipinski definition) is 0. The van der Waals surface area contributed by atoms with Crippen LogP contribution in [0.15, 0.2) is 201 Å². The first kappa shape index (κ1) is 35.9. The molecule has 5 heteroatoms. The van der Waals surface area contributed by atoms with E-state index < -0.39 is 0 Å². The zero-order chi connectivity index (χ0) is 41.4. The van der Waals surface area contributed by atoms with E-state index in [1.165, 1.54) is 21.9 Å². The number of nitrogens with zero attached hydrogens (tertiary/aromatic N) is 2. The van der Waals surface area contributed by atoms with Gasteiger partial charge in [-0.25, -0.2) is 9.97 Å². The minimum atomic E-state index is 0.183. The van der Waals surface area contributed by atoms with Gasteiger partial charge in [0.2, 0.25) is 0 Å². The molecular weight excluding hydrogens is 773 g/mol. The molecule has 8 aromatic carbocycles. The van der Waals surface area contributed by atoms with Crippen molar-refractivity contribution in [3.63, 3.8) is 0 Å². The normalized spacial score (nSPS) is 16.9. The molecule has 1 aliphatic carbocycles. The molecule has 4 aromatic heterocycles. The zero-order valence-corrected chi connectivity index (χ0v) is 34.4. The third kappa shape index (κ3) is 6.22. The van der Waals surface area contributed by atoms with Gasteiger partial charge in [0.1, 0.15) is 33.5 Å². The minimum Gasteiger partial charge on any atom is -0.456 e. The Hall–Kier alpha value is -7.76. The van der Waals surface area contributed by atoms with Crippen molar-refractivity contribution < 1.29 is 13.3 Å². The number of aromatic nitrogens is 2. The summed E-state index contributed by atoms with van der Waals surface area (Å²) < 4.78 is 18.7. The molecule has 2 atom stereocenters. The fourth-order valence-corrected chi connectivity index (χ4v) is 10.4. The van der Waals surface area contributed by atoms with Crippen LogP contribution in [0.5, 0.6) is 0 Å². The van der Waals surface area contributed by atoms with Gasteiger partial charge in [0.05, 0.1) is 5.69 Å². The Kier molecular flexibility index (Phi) is 8.23. The molecule has 0 N–H and O–H groups in total. The molecule has 13 rings (SSSR count). The molecule has 0 aliphatic heterocycles. The Bertz CT molecular complexity index is 3570. The van der Waals surface area contributed by atoms with Crippen LogP contribution in [-0.4, -0.2) is 9.97 Å². The zero-order valence-electron chi connectivity index (χ0n) is 34.4. The number of benzene rings is 8. The molecule has 1 aliphatic rings. The van der Waals surface area contributed by atoms with Crippen LogP contribution < -0.4 is 0 Å². The molecule has 0 radical (unpaired) electrons. The molecule has 1 saturated carbocycles. The molecule has 12 aromatic rings. The van der Waals surface area contributed by atoms with Crippen molar-refractivity contribution in [1.29, 1.82) is 0 Å². The first-order chi connectivity index (χ1) is 31.1. The first-order valence-corrected chi connectivity index (χ1v) is 21.9. The van der Waals surface area contributed by atoms with Gasteiger partial charge in [-0.05, 0) is 114 Å². The SMILES string of the molecule is c1ccc(-c2nc(-c3ccc(-c4ccc5oc6ccccc6c5c4)cc3)cc(C3CC(c4ccc5oc6ccccc6c5c4)CC(c4ccc5oc6ccccc6c5c4)C3)n2)cc1. The Labute approximate surface area is 363 Å². The summed E-state index contributed by atoms with van der Waals surface area (Å²) in [6.07, 6.45) is 2.98. The fourth-order valence-electron chi connectivity index (χ4n) is 10.4. The highest BCUT2D eigenvalue weighted by Gasteiger charge is 2.34. The number of fused-ring (bicyclic) bond motifs is 9. The van der Waals surface area contributed by atoms with E-state index in [2.05, 4.69) is 158 Å². The molecule has 0 amide bonds. The smallest absolute Gasteiger partial charge is 0.160 e. The molecule has 0 spiro atoms. The maximum absolute atomic E-state index is 6.29. The van der Waals surface area contributed by atoms with Crippen molar-refractivity contribution in [1.82, 2.24) is 9.97 Å². The van der Waals surface area contributed by atoms with Crippen LogP contribution in [0.2, 0.25) is 0 Å². The molecule has 5 nitrogen and oxygen atoms in total. The largest absolute Gasteiger partial charge is 0.456 e. The first-order valence-electron chi connectivity index (χ1n) is 21.9. The Morgan fingerprint density at radius 1 is 0.317 bits per heavy atom. The van der Waals surface area contributed by atoms with Gasteiger partial charge in [0.25, 0.3) is 0 Å². The number of hydrogen-bond acceptors (Lipinski definition) is 5. The summed E-state index contributed by atoms with van der Waals surface area (Å²) in [4.78, 5) is 10.7. The molecule has 300 valence electrons. The average Bonchev–Trinajstić information content (AvgIpc) is 4.04. The molecule has 1 fully saturated rings. The summed E-state index contributed by atoms with van der Waals surface area (Å²) in [6.45, 7) is 0. The van der Waals surface area contributed by atoms with Gasteiger partial charge < -0.3 is 13.3 Å². The van der Waals surface area contributed by atoms with Crippen LogP contribution in [0.25, 0.3) is 99.6 Å². The molecule has 0 saturated heterocycles. The topological polar surface area (TPSA) is 65.2 Å². The van der Waals surface area contributed by atoms with Crippen LogP contribution in [-0.2, 0) is 0 Å². The van der Waals surface area contributed by atoms with Gasteiger partial charge in [-0.1, -0.05) is 127 Å². The maximum atomic E-state index is 6.29. The van der Waals surface area contributed by atoms with Crippen molar-refractivity contribution in [3.05, 3.63) is 205 Å². The second kappa shape index (κ2) is 14.4. The standard InChI is InChI=1S/C58H40N2O3/c1-2-10-37(11-3-1)58-59-50(36-20-18-35(19-21-36)38-22-25-55-47(31-38)44-12-4-7-15-52(44)61-55)34-51(60-58)43-29-41(39-23-26-56-48(32-39)45-13-5-8-16-53(45)62-56)28-42(30-43)40-24-27-57-49(33-40)46-14-6-9-17-54(46)63-57/h1-27,31-34,41-43H,28-30H2. The van der Waals surface area contributed by atoms with Crippen LogP contribution in [0.3, 0.4) is 0 Å². The Morgan fingerprint density at radius 2 is 0.762 bits per heavy atom. The Balaban J connectivity index is 0.913. The van der Waals surface area contributed by atoms with E-state index in [4.69, 9.17) is 23.2 Å². The van der Waals surface area contributed by atoms with Gasteiger partial charge in [0, 0.05) is 55.1 Å². The number of rotatable bonds is 6. The van der Waals surface area contributed by atoms with Crippen molar-refractivity contribution in [3.8, 4) is 33.8 Å². The molecule has 0 bridgehead atoms. The van der Waals surface area contributed by atoms with E-state index in [9.17, 15) is 0 Å². The third-order valence-corrected chi connectivity index (χ3v) is 13.5. The van der Waals surface area contributed by atoms with E-state index in [1.807, 2.05) is 30.3 Å². The number of para-hydroxylation sites is 3. The second-order valence-electron chi connectivity index (χ2n) is 17.3. The van der Waals surface area contributed by atoms with Crippen LogP contribution >= 0.6 is 0 Å². The predicted molar refractivity (Wildman–Crippen MR) is 255 cm³/mol. The van der Waals surface area contributed by atoms with E-state index >= 15 is 0 Å². The molecular formula is C58H40N2O3. The van der Waals surface area contributed by atoms with Crippen molar-refractivity contribution in [2.24, 2.45) is 0 Å². The molecule has 63 heavy (non-hydrogen) atoms. The van der Waals surface area contributed by atoms with Crippen LogP contribution in [0, 0.1) is 0 Å². The van der Waals surface area contributed by atoms with Gasteiger partial charge in [-0.15, -0.1) is 0 Å². The van der Waals surface area contributed by atoms with Gasteiger partial charge >= 0.3 is 0 Å². The maximum Gasteiger partial charge on any atom is 0.160 e. The van der Waals surface area contributed by atoms with Crippen molar-refractivity contribution >= 4 is 65.8 Å². The quantitative estimate of drug-likeness (QED) is 0.167. The van der Waals surface area contributed by atoms with Crippen molar-refractivity contribution in [2.45, 2.75) is 37.0 Å². The van der Waals surface area contributed by atoms with Crippen LogP contribution in [0.4, 0.5) is 0 Å². The van der Waals surface area contributed by atoms with E-state index in [0.29, 0.717) is 11.8 Å². The lowest BCUT2D eigenvalue weighted by Crippen LogP contribution is -2.21. The highest BCUT2D eigenvalue weighted by atomic mass is 16.3. The summed E-state index contributed by atoms with van der Waals surface area (Å²) in [5, 5.41) is 6.91. The lowest BCUT2D eigenvalue weighted by atomic mass is 9.69. The lowest BCUT2D eigenvalue weighted by molar-refractivity contribution is 0.347. The second-order valence-corrected chi connectivity index (χ2v) is 17.3. The summed E-state index contributed by atoms with van der Waals surface area (Å²) in [5.41, 5.74) is 14.6. The molecule has 2 unspecified atom stereocenters. The van der Waals surface area contributed by atoms with E-state index in [0.717, 1.165) is 114 Å². The van der Waals surface area contributed by atoms with Crippen molar-refractivity contribution in [2.75, 3.05) is 0 Å². The lowest BCUT2D eigenvalue weighted by Gasteiger charge is -2.36. The summed E-state index contributed by atoms with van der Waals surface area (Å²) >= 11 is 0. The summed E-state index contributed by atoms with van der Waals surface area (Å²) in [6, 6.07) is 66.6. The Morgan fingerprint density at radius 3 is 1.33 bits per heavy atom. The predicted octanol–water partition coefficient (Wildman–Crippen LogP) is 16.0. The minimum absolute atomic E-state index is 0.183. The van der Waals surface area contributed by atoms with Gasteiger partial charge in [-0.2, -0.15) is 0 Å². The van der Waals surface area contributed by atoms with Crippen LogP contribution in [0.1, 0.15) is 53.8 Å². The molecule has 4 heterocycles. The van der Waals surface area contributed by atoms with E-state index in [1.54, 1.807) is 0 Å². The monoisotopic (exact) mass is 812 g/mol. The summed E-state index contributed by atoms with van der Waals surface area (Å²) in [5.74, 6) is 1.53. The van der Waals surface area contributed by atoms with Gasteiger partial charge in [-0.3, -0.25) is 0 Å². The third-order valence-electron chi connectivity index (χ3n) is 13.5. The fraction of sp³-hybridized carbons (Fsp3) is 0.103. The highest BCUT2D eigenvalue weighted by molar-refractivity contribution is 6.07. The van der Waals surface area contributed by atoms with Gasteiger partial charge in [0.15, 0.2) is 5.82 Å². The number of furan rings is 3. The average molecular weight is 813 g/mol.